The van der Waals surface area contributed by atoms with Gasteiger partial charge in [0.15, 0.2) is 5.82 Å². The van der Waals surface area contributed by atoms with Crippen LogP contribution in [0.2, 0.25) is 0 Å². The van der Waals surface area contributed by atoms with Gasteiger partial charge in [-0.15, -0.1) is 0 Å². The number of aromatic nitrogens is 2. The van der Waals surface area contributed by atoms with Crippen molar-refractivity contribution in [1.82, 2.24) is 10.1 Å². The number of para-hydroxylation sites is 3. The Bertz CT molecular complexity index is 892. The summed E-state index contributed by atoms with van der Waals surface area (Å²) >= 11 is 0. The minimum Gasteiger partial charge on any atom is -0.492 e. The van der Waals surface area contributed by atoms with E-state index in [9.17, 15) is 4.79 Å². The maximum atomic E-state index is 12.4. The van der Waals surface area contributed by atoms with Crippen LogP contribution in [0.25, 0.3) is 0 Å². The second kappa shape index (κ2) is 8.15. The molecule has 1 heterocycles. The van der Waals surface area contributed by atoms with E-state index in [1.807, 2.05) is 49.4 Å². The van der Waals surface area contributed by atoms with Crippen LogP contribution in [0.5, 0.6) is 5.75 Å². The fraction of sp³-hybridized carbons (Fsp3) is 0.211. The molecular formula is C19H20N4O3. The van der Waals surface area contributed by atoms with Gasteiger partial charge in [-0.05, 0) is 37.6 Å². The largest absolute Gasteiger partial charge is 0.492 e. The summed E-state index contributed by atoms with van der Waals surface area (Å²) in [7, 11) is 0. The molecule has 1 aromatic heterocycles. The van der Waals surface area contributed by atoms with Crippen molar-refractivity contribution in [2.45, 2.75) is 20.3 Å². The van der Waals surface area contributed by atoms with E-state index in [0.29, 0.717) is 41.9 Å². The quantitative estimate of drug-likeness (QED) is 0.699. The smallest absolute Gasteiger partial charge is 0.323 e. The number of benzene rings is 2. The first kappa shape index (κ1) is 17.5. The van der Waals surface area contributed by atoms with Gasteiger partial charge in [0.05, 0.1) is 18.7 Å². The lowest BCUT2D eigenvalue weighted by Crippen LogP contribution is -2.20. The molecule has 0 saturated heterocycles. The fourth-order valence-electron chi connectivity index (χ4n) is 2.50. The highest BCUT2D eigenvalue weighted by molar-refractivity contribution is 6.01. The number of aryl methyl sites for hydroxylation is 1. The number of nitrogens with one attached hydrogen (secondary N) is 2. The van der Waals surface area contributed by atoms with Crippen LogP contribution in [0.4, 0.5) is 16.2 Å². The Balaban J connectivity index is 1.72. The summed E-state index contributed by atoms with van der Waals surface area (Å²) in [4.78, 5) is 16.6. The van der Waals surface area contributed by atoms with Crippen LogP contribution >= 0.6 is 0 Å². The number of rotatable bonds is 6. The van der Waals surface area contributed by atoms with Gasteiger partial charge in [-0.1, -0.05) is 35.5 Å². The SMILES string of the molecule is CCOc1ccccc1NC(=O)Nc1ccccc1Cc1nc(C)no1. The lowest BCUT2D eigenvalue weighted by molar-refractivity contribution is 0.262. The number of ether oxygens (including phenoxy) is 1. The highest BCUT2D eigenvalue weighted by Gasteiger charge is 2.12. The predicted molar refractivity (Wildman–Crippen MR) is 98.5 cm³/mol. The van der Waals surface area contributed by atoms with Crippen LogP contribution in [0, 0.1) is 6.92 Å². The van der Waals surface area contributed by atoms with Crippen LogP contribution in [0.1, 0.15) is 24.2 Å². The van der Waals surface area contributed by atoms with Gasteiger partial charge >= 0.3 is 6.03 Å². The number of hydrogen-bond acceptors (Lipinski definition) is 5. The molecule has 7 heteroatoms. The van der Waals surface area contributed by atoms with Crippen molar-refractivity contribution in [1.29, 1.82) is 0 Å². The molecule has 0 radical (unpaired) electrons. The monoisotopic (exact) mass is 352 g/mol. The van der Waals surface area contributed by atoms with Crippen molar-refractivity contribution < 1.29 is 14.1 Å². The first-order valence-corrected chi connectivity index (χ1v) is 8.32. The number of anilines is 2. The van der Waals surface area contributed by atoms with E-state index in [1.54, 1.807) is 13.0 Å². The zero-order chi connectivity index (χ0) is 18.4. The molecule has 0 atom stereocenters. The second-order valence-corrected chi connectivity index (χ2v) is 5.58. The van der Waals surface area contributed by atoms with Crippen molar-refractivity contribution in [2.75, 3.05) is 17.2 Å². The van der Waals surface area contributed by atoms with Crippen molar-refractivity contribution in [3.63, 3.8) is 0 Å². The lowest BCUT2D eigenvalue weighted by Gasteiger charge is -2.13. The normalized spacial score (nSPS) is 10.4. The van der Waals surface area contributed by atoms with Gasteiger partial charge in [0.1, 0.15) is 5.75 Å². The minimum atomic E-state index is -0.355. The molecule has 0 unspecified atom stereocenters. The fourth-order valence-corrected chi connectivity index (χ4v) is 2.50. The van der Waals surface area contributed by atoms with Gasteiger partial charge in [0.25, 0.3) is 0 Å². The molecule has 2 amide bonds. The molecule has 0 bridgehead atoms. The molecule has 3 aromatic rings. The van der Waals surface area contributed by atoms with E-state index in [0.717, 1.165) is 5.56 Å². The Kier molecular flexibility index (Phi) is 5.48. The number of nitrogens with zero attached hydrogens (tertiary/aromatic N) is 2. The van der Waals surface area contributed by atoms with Gasteiger partial charge in [-0.2, -0.15) is 4.98 Å². The Morgan fingerprint density at radius 1 is 1.08 bits per heavy atom. The zero-order valence-electron chi connectivity index (χ0n) is 14.7. The van der Waals surface area contributed by atoms with E-state index in [2.05, 4.69) is 20.8 Å². The third kappa shape index (κ3) is 4.38. The standard InChI is InChI=1S/C19H20N4O3/c1-3-25-17-11-7-6-10-16(17)22-19(24)21-15-9-5-4-8-14(15)12-18-20-13(2)23-26-18/h4-11H,3,12H2,1-2H3,(H2,21,22,24). The van der Waals surface area contributed by atoms with Crippen LogP contribution in [0.3, 0.4) is 0 Å². The van der Waals surface area contributed by atoms with Crippen LogP contribution < -0.4 is 15.4 Å². The highest BCUT2D eigenvalue weighted by atomic mass is 16.5. The summed E-state index contributed by atoms with van der Waals surface area (Å²) in [6, 6.07) is 14.4. The predicted octanol–water partition coefficient (Wildman–Crippen LogP) is 4.01. The number of amides is 2. The van der Waals surface area contributed by atoms with E-state index in [-0.39, 0.29) is 6.03 Å². The average Bonchev–Trinajstić information content (AvgIpc) is 3.03. The third-order valence-corrected chi connectivity index (χ3v) is 3.61. The molecule has 0 aliphatic carbocycles. The van der Waals surface area contributed by atoms with E-state index in [1.165, 1.54) is 0 Å². The molecule has 7 nitrogen and oxygen atoms in total. The van der Waals surface area contributed by atoms with Crippen molar-refractivity contribution >= 4 is 17.4 Å². The number of urea groups is 1. The Hall–Kier alpha value is -3.35. The zero-order valence-corrected chi connectivity index (χ0v) is 14.7. The Labute approximate surface area is 151 Å². The van der Waals surface area contributed by atoms with Gasteiger partial charge < -0.3 is 19.9 Å². The molecule has 0 fully saturated rings. The molecule has 0 spiro atoms. The third-order valence-electron chi connectivity index (χ3n) is 3.61. The summed E-state index contributed by atoms with van der Waals surface area (Å²) in [6.45, 7) is 4.18. The highest BCUT2D eigenvalue weighted by Crippen LogP contribution is 2.24. The molecule has 0 aliphatic heterocycles. The molecule has 0 saturated carbocycles. The second-order valence-electron chi connectivity index (χ2n) is 5.58. The van der Waals surface area contributed by atoms with Crippen molar-refractivity contribution in [3.05, 3.63) is 65.8 Å². The van der Waals surface area contributed by atoms with Crippen LogP contribution in [-0.2, 0) is 6.42 Å². The van der Waals surface area contributed by atoms with Gasteiger partial charge in [-0.25, -0.2) is 4.79 Å². The summed E-state index contributed by atoms with van der Waals surface area (Å²) in [6.07, 6.45) is 0.437. The Morgan fingerprint density at radius 2 is 1.77 bits per heavy atom. The average molecular weight is 352 g/mol. The summed E-state index contributed by atoms with van der Waals surface area (Å²) in [5, 5.41) is 9.46. The van der Waals surface area contributed by atoms with Gasteiger partial charge in [0.2, 0.25) is 5.89 Å². The van der Waals surface area contributed by atoms with Crippen molar-refractivity contribution in [2.24, 2.45) is 0 Å². The van der Waals surface area contributed by atoms with Crippen LogP contribution in [0.15, 0.2) is 53.1 Å². The maximum Gasteiger partial charge on any atom is 0.323 e. The summed E-state index contributed by atoms with van der Waals surface area (Å²) in [5.74, 6) is 1.70. The molecular weight excluding hydrogens is 332 g/mol. The molecule has 26 heavy (non-hydrogen) atoms. The van der Waals surface area contributed by atoms with E-state index >= 15 is 0 Å². The number of carbonyl (C=O) groups is 1. The first-order chi connectivity index (χ1) is 12.7. The molecule has 134 valence electrons. The maximum absolute atomic E-state index is 12.4. The molecule has 2 N–H and O–H groups in total. The van der Waals surface area contributed by atoms with Crippen LogP contribution in [-0.4, -0.2) is 22.8 Å². The lowest BCUT2D eigenvalue weighted by atomic mass is 10.1. The van der Waals surface area contributed by atoms with E-state index in [4.69, 9.17) is 9.26 Å². The molecule has 3 rings (SSSR count). The molecule has 0 aliphatic rings. The Morgan fingerprint density at radius 3 is 2.50 bits per heavy atom. The number of hydrogen-bond donors (Lipinski definition) is 2. The summed E-state index contributed by atoms with van der Waals surface area (Å²) < 4.78 is 10.7. The van der Waals surface area contributed by atoms with Gasteiger partial charge in [0, 0.05) is 5.69 Å². The number of carbonyl (C=O) groups excluding carboxylic acids is 1. The van der Waals surface area contributed by atoms with E-state index < -0.39 is 0 Å². The van der Waals surface area contributed by atoms with Crippen molar-refractivity contribution in [3.8, 4) is 5.75 Å². The van der Waals surface area contributed by atoms with Gasteiger partial charge in [-0.3, -0.25) is 0 Å². The molecule has 2 aromatic carbocycles. The topological polar surface area (TPSA) is 89.3 Å². The summed E-state index contributed by atoms with van der Waals surface area (Å²) in [5.41, 5.74) is 2.16. The first-order valence-electron chi connectivity index (χ1n) is 8.32. The minimum absolute atomic E-state index is 0.355.